The van der Waals surface area contributed by atoms with Gasteiger partial charge in [0.05, 0.1) is 5.38 Å². The number of carbonyl (C=O) groups is 1. The van der Waals surface area contributed by atoms with Crippen LogP contribution >= 0.6 is 35.0 Å². The summed E-state index contributed by atoms with van der Waals surface area (Å²) in [5.41, 5.74) is 0. The van der Waals surface area contributed by atoms with Gasteiger partial charge in [-0.05, 0) is 20.1 Å². The van der Waals surface area contributed by atoms with Crippen molar-refractivity contribution in [2.24, 2.45) is 0 Å². The molecule has 8 nitrogen and oxygen atoms in total. The number of urea groups is 1. The van der Waals surface area contributed by atoms with E-state index >= 15 is 0 Å². The number of nitrogens with zero attached hydrogens (tertiary/aromatic N) is 3. The summed E-state index contributed by atoms with van der Waals surface area (Å²) in [5, 5.41) is 1.72. The number of carbonyl (C=O) groups excluding carboxylic acids is 1. The summed E-state index contributed by atoms with van der Waals surface area (Å²) in [7, 11) is -4.11. The molecule has 21 heavy (non-hydrogen) atoms. The van der Waals surface area contributed by atoms with Gasteiger partial charge in [-0.3, -0.25) is 5.32 Å². The first-order valence-electron chi connectivity index (χ1n) is 5.53. The maximum atomic E-state index is 11.7. The second kappa shape index (κ2) is 7.43. The molecule has 0 bridgehead atoms. The molecule has 0 aliphatic carbocycles. The number of aromatic nitrogens is 3. The lowest BCUT2D eigenvalue weighted by Gasteiger charge is -2.14. The van der Waals surface area contributed by atoms with E-state index in [1.165, 1.54) is 18.7 Å². The summed E-state index contributed by atoms with van der Waals surface area (Å²) in [5.74, 6) is 0.321. The molecule has 0 saturated heterocycles. The van der Waals surface area contributed by atoms with Crippen LogP contribution in [0.1, 0.15) is 12.7 Å². The average Bonchev–Trinajstić information content (AvgIpc) is 2.35. The number of alkyl halides is 2. The molecule has 2 N–H and O–H groups in total. The van der Waals surface area contributed by atoms with Crippen LogP contribution in [-0.4, -0.2) is 45.7 Å². The Morgan fingerprint density at radius 2 is 1.90 bits per heavy atom. The van der Waals surface area contributed by atoms with Crippen molar-refractivity contribution in [3.05, 3.63) is 5.82 Å². The number of aryl methyl sites for hydroxylation is 1. The van der Waals surface area contributed by atoms with Gasteiger partial charge in [-0.2, -0.15) is 9.97 Å². The van der Waals surface area contributed by atoms with Crippen LogP contribution in [0.3, 0.4) is 0 Å². The molecular weight excluding hydrogens is 361 g/mol. The fourth-order valence-corrected chi connectivity index (χ4v) is 3.02. The highest BCUT2D eigenvalue weighted by Crippen LogP contribution is 2.15. The number of nitrogens with one attached hydrogen (secondary N) is 2. The predicted octanol–water partition coefficient (Wildman–Crippen LogP) is 1.55. The number of anilines is 1. The Bertz CT molecular complexity index is 626. The van der Waals surface area contributed by atoms with Crippen LogP contribution in [0.4, 0.5) is 10.7 Å². The van der Waals surface area contributed by atoms with E-state index in [-0.39, 0.29) is 5.95 Å². The van der Waals surface area contributed by atoms with Gasteiger partial charge in [0.1, 0.15) is 5.82 Å². The molecule has 0 fully saturated rings. The average molecular weight is 374 g/mol. The molecule has 12 heteroatoms. The Morgan fingerprint density at radius 1 is 1.29 bits per heavy atom. The molecule has 118 valence electrons. The summed E-state index contributed by atoms with van der Waals surface area (Å²) in [6, 6.07) is -1.03. The van der Waals surface area contributed by atoms with Gasteiger partial charge in [0.2, 0.25) is 5.95 Å². The van der Waals surface area contributed by atoms with E-state index in [0.29, 0.717) is 11.0 Å². The smallest absolute Gasteiger partial charge is 0.275 e. The summed E-state index contributed by atoms with van der Waals surface area (Å²) in [4.78, 5) is 23.4. The maximum absolute atomic E-state index is 11.7. The second-order valence-corrected chi connectivity index (χ2v) is 7.82. The van der Waals surface area contributed by atoms with Gasteiger partial charge >= 0.3 is 6.03 Å². The number of amides is 2. The number of thioether (sulfide) groups is 1. The number of rotatable bonds is 5. The molecule has 0 aliphatic heterocycles. The Kier molecular flexibility index (Phi) is 6.44. The first-order chi connectivity index (χ1) is 9.65. The Balaban J connectivity index is 2.81. The van der Waals surface area contributed by atoms with Crippen molar-refractivity contribution in [2.45, 2.75) is 29.1 Å². The minimum Gasteiger partial charge on any atom is -0.275 e. The Hall–Kier alpha value is -0.840. The van der Waals surface area contributed by atoms with Crippen LogP contribution in [0.15, 0.2) is 5.16 Å². The zero-order valence-corrected chi connectivity index (χ0v) is 14.4. The fourth-order valence-electron chi connectivity index (χ4n) is 1.16. The third kappa shape index (κ3) is 5.46. The number of hydrogen-bond donors (Lipinski definition) is 2. The first kappa shape index (κ1) is 18.2. The molecule has 2 amide bonds. The second-order valence-electron chi connectivity index (χ2n) is 3.82. The first-order valence-corrected chi connectivity index (χ1v) is 9.17. The Morgan fingerprint density at radius 3 is 2.43 bits per heavy atom. The standard InChI is InChI=1S/C9H13Cl2N5O3S2/c1-4(10)6(11)21(18,19)16-8(17)14-7-12-5(2)13-9(15-7)20-3/h4,6H,1-3H3,(H2,12,13,14,15,16,17). The van der Waals surface area contributed by atoms with Crippen LogP contribution in [0.25, 0.3) is 0 Å². The van der Waals surface area contributed by atoms with E-state index in [9.17, 15) is 13.2 Å². The lowest BCUT2D eigenvalue weighted by atomic mass is 10.6. The lowest BCUT2D eigenvalue weighted by Crippen LogP contribution is -2.41. The zero-order chi connectivity index (χ0) is 16.2. The van der Waals surface area contributed by atoms with Gasteiger partial charge in [-0.25, -0.2) is 22.9 Å². The van der Waals surface area contributed by atoms with Crippen molar-refractivity contribution >= 4 is 57.0 Å². The SMILES string of the molecule is CSc1nc(C)nc(NC(=O)NS(=O)(=O)C(Cl)C(C)Cl)n1. The van der Waals surface area contributed by atoms with E-state index in [0.717, 1.165) is 0 Å². The van der Waals surface area contributed by atoms with Gasteiger partial charge in [0, 0.05) is 0 Å². The number of sulfonamides is 1. The van der Waals surface area contributed by atoms with E-state index < -0.39 is 26.1 Å². The molecular formula is C9H13Cl2N5O3S2. The van der Waals surface area contributed by atoms with Crippen molar-refractivity contribution in [1.82, 2.24) is 19.7 Å². The van der Waals surface area contributed by atoms with Crippen molar-refractivity contribution in [1.29, 1.82) is 0 Å². The minimum absolute atomic E-state index is 0.0652. The van der Waals surface area contributed by atoms with Crippen molar-refractivity contribution in [3.63, 3.8) is 0 Å². The van der Waals surface area contributed by atoms with E-state index in [1.807, 2.05) is 0 Å². The molecule has 1 aromatic heterocycles. The molecule has 1 rings (SSSR count). The van der Waals surface area contributed by atoms with Gasteiger partial charge < -0.3 is 0 Å². The zero-order valence-electron chi connectivity index (χ0n) is 11.3. The van der Waals surface area contributed by atoms with Crippen molar-refractivity contribution in [3.8, 4) is 0 Å². The Labute approximate surface area is 136 Å². The van der Waals surface area contributed by atoms with Crippen molar-refractivity contribution in [2.75, 3.05) is 11.6 Å². The van der Waals surface area contributed by atoms with Crippen LogP contribution in [0, 0.1) is 6.92 Å². The quantitative estimate of drug-likeness (QED) is 0.594. The van der Waals surface area contributed by atoms with Crippen molar-refractivity contribution < 1.29 is 13.2 Å². The predicted molar refractivity (Wildman–Crippen MR) is 82.4 cm³/mol. The monoisotopic (exact) mass is 373 g/mol. The molecule has 0 aromatic carbocycles. The molecule has 0 saturated carbocycles. The highest BCUT2D eigenvalue weighted by molar-refractivity contribution is 7.98. The summed E-state index contributed by atoms with van der Waals surface area (Å²) in [6.45, 7) is 3.02. The molecule has 2 atom stereocenters. The summed E-state index contributed by atoms with van der Waals surface area (Å²) in [6.07, 6.45) is 1.75. The van der Waals surface area contributed by atoms with Crippen LogP contribution in [0.5, 0.6) is 0 Å². The van der Waals surface area contributed by atoms with E-state index in [4.69, 9.17) is 23.2 Å². The van der Waals surface area contributed by atoms with Gasteiger partial charge in [-0.1, -0.05) is 11.8 Å². The van der Waals surface area contributed by atoms with Gasteiger partial charge in [-0.15, -0.1) is 23.2 Å². The highest BCUT2D eigenvalue weighted by Gasteiger charge is 2.29. The normalized spacial score (nSPS) is 14.3. The maximum Gasteiger partial charge on any atom is 0.335 e. The third-order valence-corrected chi connectivity index (χ3v) is 5.66. The molecule has 0 radical (unpaired) electrons. The summed E-state index contributed by atoms with van der Waals surface area (Å²) >= 11 is 12.5. The molecule has 0 aliphatic rings. The molecule has 0 spiro atoms. The minimum atomic E-state index is -4.11. The summed E-state index contributed by atoms with van der Waals surface area (Å²) < 4.78 is 23.7. The van der Waals surface area contributed by atoms with Crippen LogP contribution in [0.2, 0.25) is 0 Å². The fraction of sp³-hybridized carbons (Fsp3) is 0.556. The van der Waals surface area contributed by atoms with E-state index in [2.05, 4.69) is 20.3 Å². The highest BCUT2D eigenvalue weighted by atomic mass is 35.5. The largest absolute Gasteiger partial charge is 0.335 e. The van der Waals surface area contributed by atoms with E-state index in [1.54, 1.807) is 17.9 Å². The topological polar surface area (TPSA) is 114 Å². The third-order valence-electron chi connectivity index (χ3n) is 2.03. The number of hydrogen-bond acceptors (Lipinski definition) is 7. The molecule has 1 aromatic rings. The molecule has 1 heterocycles. The lowest BCUT2D eigenvalue weighted by molar-refractivity contribution is 0.256. The molecule has 2 unspecified atom stereocenters. The van der Waals surface area contributed by atoms with Crippen LogP contribution < -0.4 is 10.0 Å². The van der Waals surface area contributed by atoms with Gasteiger partial charge in [0.15, 0.2) is 9.87 Å². The number of halogens is 2. The van der Waals surface area contributed by atoms with Crippen LogP contribution in [-0.2, 0) is 10.0 Å². The van der Waals surface area contributed by atoms with Gasteiger partial charge in [0.25, 0.3) is 10.0 Å².